The molecule has 0 aliphatic carbocycles. The molecular weight excluding hydrogens is 258 g/mol. The van der Waals surface area contributed by atoms with E-state index in [4.69, 9.17) is 15.9 Å². The number of carboxylic acids is 2. The molecule has 2 amide bonds. The molecule has 0 bridgehead atoms. The van der Waals surface area contributed by atoms with Crippen LogP contribution in [0.25, 0.3) is 0 Å². The van der Waals surface area contributed by atoms with E-state index in [2.05, 4.69) is 10.6 Å². The number of carbonyl (C=O) groups is 4. The molecule has 2 atom stereocenters. The standard InChI is InChI=1S/C10H17N3O6/c1-5(11)9(18)13-6(2-3-7(14)15)10(19)12-4-8(16)17/h5-6H,2-4,11H2,1H3,(H,12,19)(H,13,18)(H,14,15)(H,16,17). The summed E-state index contributed by atoms with van der Waals surface area (Å²) in [6.45, 7) is 0.787. The summed E-state index contributed by atoms with van der Waals surface area (Å²) in [6.07, 6.45) is -0.496. The van der Waals surface area contributed by atoms with E-state index >= 15 is 0 Å². The predicted octanol–water partition coefficient (Wildman–Crippen LogP) is -2.12. The Labute approximate surface area is 109 Å². The van der Waals surface area contributed by atoms with Gasteiger partial charge in [-0.1, -0.05) is 0 Å². The summed E-state index contributed by atoms with van der Waals surface area (Å²) >= 11 is 0. The van der Waals surface area contributed by atoms with E-state index in [9.17, 15) is 19.2 Å². The van der Waals surface area contributed by atoms with Crippen molar-refractivity contribution in [3.05, 3.63) is 0 Å². The molecule has 0 saturated heterocycles. The highest BCUT2D eigenvalue weighted by molar-refractivity contribution is 5.91. The van der Waals surface area contributed by atoms with E-state index in [0.717, 1.165) is 0 Å². The summed E-state index contributed by atoms with van der Waals surface area (Å²) in [5, 5.41) is 21.3. The molecule has 0 aromatic carbocycles. The van der Waals surface area contributed by atoms with Crippen LogP contribution in [-0.4, -0.2) is 52.6 Å². The Bertz CT molecular complexity index is 368. The second-order valence-electron chi connectivity index (χ2n) is 3.89. The van der Waals surface area contributed by atoms with Gasteiger partial charge in [0.1, 0.15) is 12.6 Å². The summed E-state index contributed by atoms with van der Waals surface area (Å²) in [4.78, 5) is 43.7. The van der Waals surface area contributed by atoms with Crippen molar-refractivity contribution in [2.24, 2.45) is 5.73 Å². The maximum atomic E-state index is 11.6. The zero-order chi connectivity index (χ0) is 15.0. The quantitative estimate of drug-likeness (QED) is 0.338. The van der Waals surface area contributed by atoms with E-state index in [0.29, 0.717) is 0 Å². The summed E-state index contributed by atoms with van der Waals surface area (Å²) in [5.41, 5.74) is 5.31. The lowest BCUT2D eigenvalue weighted by Crippen LogP contribution is -2.51. The maximum absolute atomic E-state index is 11.6. The first-order valence-corrected chi connectivity index (χ1v) is 5.51. The molecule has 0 aliphatic heterocycles. The van der Waals surface area contributed by atoms with Crippen molar-refractivity contribution in [2.45, 2.75) is 31.8 Å². The Morgan fingerprint density at radius 2 is 1.68 bits per heavy atom. The minimum absolute atomic E-state index is 0.154. The fourth-order valence-corrected chi connectivity index (χ4v) is 1.13. The van der Waals surface area contributed by atoms with Gasteiger partial charge >= 0.3 is 11.9 Å². The number of hydrogen-bond donors (Lipinski definition) is 5. The van der Waals surface area contributed by atoms with Gasteiger partial charge in [-0.3, -0.25) is 19.2 Å². The second kappa shape index (κ2) is 8.03. The highest BCUT2D eigenvalue weighted by atomic mass is 16.4. The SMILES string of the molecule is CC(N)C(=O)NC(CCC(=O)O)C(=O)NCC(=O)O. The Kier molecular flexibility index (Phi) is 7.12. The fraction of sp³-hybridized carbons (Fsp3) is 0.600. The molecule has 0 rings (SSSR count). The van der Waals surface area contributed by atoms with Crippen LogP contribution in [0.1, 0.15) is 19.8 Å². The van der Waals surface area contributed by atoms with Crippen molar-refractivity contribution in [1.29, 1.82) is 0 Å². The lowest BCUT2D eigenvalue weighted by molar-refractivity contribution is -0.140. The van der Waals surface area contributed by atoms with Crippen molar-refractivity contribution in [1.82, 2.24) is 10.6 Å². The topological polar surface area (TPSA) is 159 Å². The van der Waals surface area contributed by atoms with Crippen LogP contribution in [0.2, 0.25) is 0 Å². The van der Waals surface area contributed by atoms with Crippen LogP contribution in [0, 0.1) is 0 Å². The first-order valence-electron chi connectivity index (χ1n) is 5.51. The third-order valence-electron chi connectivity index (χ3n) is 2.11. The van der Waals surface area contributed by atoms with Gasteiger partial charge in [-0.15, -0.1) is 0 Å². The Hall–Kier alpha value is -2.16. The van der Waals surface area contributed by atoms with Crippen LogP contribution >= 0.6 is 0 Å². The Balaban J connectivity index is 4.55. The zero-order valence-corrected chi connectivity index (χ0v) is 10.4. The second-order valence-corrected chi connectivity index (χ2v) is 3.89. The van der Waals surface area contributed by atoms with Crippen molar-refractivity contribution >= 4 is 23.8 Å². The average molecular weight is 275 g/mol. The van der Waals surface area contributed by atoms with Crippen LogP contribution < -0.4 is 16.4 Å². The van der Waals surface area contributed by atoms with Gasteiger partial charge in [-0.25, -0.2) is 0 Å². The van der Waals surface area contributed by atoms with Crippen LogP contribution in [0.5, 0.6) is 0 Å². The van der Waals surface area contributed by atoms with E-state index in [1.807, 2.05) is 0 Å². The highest BCUT2D eigenvalue weighted by Gasteiger charge is 2.23. The summed E-state index contributed by atoms with van der Waals surface area (Å²) in [6, 6.07) is -1.99. The van der Waals surface area contributed by atoms with Crippen LogP contribution in [0.4, 0.5) is 0 Å². The number of nitrogens with two attached hydrogens (primary N) is 1. The predicted molar refractivity (Wildman–Crippen MR) is 63.1 cm³/mol. The minimum atomic E-state index is -1.25. The van der Waals surface area contributed by atoms with Gasteiger partial charge in [0.2, 0.25) is 11.8 Å². The number of nitrogens with one attached hydrogen (secondary N) is 2. The average Bonchev–Trinajstić information content (AvgIpc) is 2.30. The monoisotopic (exact) mass is 275 g/mol. The third-order valence-corrected chi connectivity index (χ3v) is 2.11. The van der Waals surface area contributed by atoms with Gasteiger partial charge in [0, 0.05) is 6.42 Å². The summed E-state index contributed by atoms with van der Waals surface area (Å²) in [5.74, 6) is -3.77. The zero-order valence-electron chi connectivity index (χ0n) is 10.4. The van der Waals surface area contributed by atoms with Gasteiger partial charge in [0.25, 0.3) is 0 Å². The Morgan fingerprint density at radius 3 is 2.11 bits per heavy atom. The highest BCUT2D eigenvalue weighted by Crippen LogP contribution is 1.99. The molecule has 2 unspecified atom stereocenters. The number of rotatable bonds is 8. The van der Waals surface area contributed by atoms with E-state index in [1.54, 1.807) is 0 Å². The molecule has 0 spiro atoms. The van der Waals surface area contributed by atoms with E-state index in [-0.39, 0.29) is 12.8 Å². The van der Waals surface area contributed by atoms with Gasteiger partial charge in [0.15, 0.2) is 0 Å². The normalized spacial score (nSPS) is 13.2. The molecule has 19 heavy (non-hydrogen) atoms. The van der Waals surface area contributed by atoms with Crippen LogP contribution in [-0.2, 0) is 19.2 Å². The van der Waals surface area contributed by atoms with Crippen molar-refractivity contribution in [3.8, 4) is 0 Å². The van der Waals surface area contributed by atoms with Crippen LogP contribution in [0.15, 0.2) is 0 Å². The smallest absolute Gasteiger partial charge is 0.322 e. The molecule has 6 N–H and O–H groups in total. The number of hydrogen-bond acceptors (Lipinski definition) is 5. The lowest BCUT2D eigenvalue weighted by Gasteiger charge is -2.18. The molecule has 9 heteroatoms. The van der Waals surface area contributed by atoms with Crippen molar-refractivity contribution in [2.75, 3.05) is 6.54 Å². The molecule has 9 nitrogen and oxygen atoms in total. The molecule has 0 aromatic heterocycles. The molecule has 0 radical (unpaired) electrons. The van der Waals surface area contributed by atoms with E-state index < -0.39 is 42.4 Å². The lowest BCUT2D eigenvalue weighted by atomic mass is 10.1. The molecule has 0 aliphatic rings. The Morgan fingerprint density at radius 1 is 1.11 bits per heavy atom. The molecule has 0 heterocycles. The van der Waals surface area contributed by atoms with E-state index in [1.165, 1.54) is 6.92 Å². The largest absolute Gasteiger partial charge is 0.481 e. The first-order chi connectivity index (χ1) is 8.73. The first kappa shape index (κ1) is 16.8. The van der Waals surface area contributed by atoms with Gasteiger partial charge in [-0.05, 0) is 13.3 Å². The summed E-state index contributed by atoms with van der Waals surface area (Å²) in [7, 11) is 0. The van der Waals surface area contributed by atoms with Crippen LogP contribution in [0.3, 0.4) is 0 Å². The molecule has 0 fully saturated rings. The van der Waals surface area contributed by atoms with Gasteiger partial charge in [-0.2, -0.15) is 0 Å². The van der Waals surface area contributed by atoms with Gasteiger partial charge < -0.3 is 26.6 Å². The number of carbonyl (C=O) groups excluding carboxylic acids is 2. The molecule has 108 valence electrons. The fourth-order valence-electron chi connectivity index (χ4n) is 1.13. The van der Waals surface area contributed by atoms with Crippen molar-refractivity contribution in [3.63, 3.8) is 0 Å². The number of carboxylic acid groups (broad SMARTS) is 2. The summed E-state index contributed by atoms with van der Waals surface area (Å²) < 4.78 is 0. The third kappa shape index (κ3) is 7.71. The minimum Gasteiger partial charge on any atom is -0.481 e. The maximum Gasteiger partial charge on any atom is 0.322 e. The molecule has 0 aromatic rings. The molecule has 0 saturated carbocycles. The van der Waals surface area contributed by atoms with Gasteiger partial charge in [0.05, 0.1) is 6.04 Å². The molecular formula is C10H17N3O6. The van der Waals surface area contributed by atoms with Crippen molar-refractivity contribution < 1.29 is 29.4 Å². The number of aliphatic carboxylic acids is 2. The number of amides is 2.